The summed E-state index contributed by atoms with van der Waals surface area (Å²) in [4.78, 5) is 40.1. The van der Waals surface area contributed by atoms with Gasteiger partial charge in [-0.15, -0.1) is 11.3 Å². The van der Waals surface area contributed by atoms with E-state index in [1.54, 1.807) is 31.2 Å². The summed E-state index contributed by atoms with van der Waals surface area (Å²) in [6, 6.07) is 6.70. The molecule has 1 aliphatic carbocycles. The van der Waals surface area contributed by atoms with Gasteiger partial charge in [-0.3, -0.25) is 14.9 Å². The van der Waals surface area contributed by atoms with Crippen LogP contribution in [0.15, 0.2) is 29.6 Å². The average Bonchev–Trinajstić information content (AvgIpc) is 3.17. The third-order valence-corrected chi connectivity index (χ3v) is 4.81. The number of carbonyl (C=O) groups excluding carboxylic acids is 3. The maximum Gasteiger partial charge on any atom is 0.357 e. The molecule has 0 bridgehead atoms. The maximum atomic E-state index is 12.4. The van der Waals surface area contributed by atoms with Crippen LogP contribution in [0.1, 0.15) is 41.1 Å². The van der Waals surface area contributed by atoms with Crippen molar-refractivity contribution in [2.75, 3.05) is 17.2 Å². The molecule has 0 spiro atoms. The Labute approximate surface area is 154 Å². The number of nitrogens with one attached hydrogen (secondary N) is 2. The zero-order chi connectivity index (χ0) is 18.7. The van der Waals surface area contributed by atoms with Crippen LogP contribution in [0.4, 0.5) is 10.8 Å². The minimum absolute atomic E-state index is 0.0194. The first kappa shape index (κ1) is 18.1. The zero-order valence-corrected chi connectivity index (χ0v) is 15.3. The number of benzene rings is 1. The molecule has 26 heavy (non-hydrogen) atoms. The summed E-state index contributed by atoms with van der Waals surface area (Å²) in [5.41, 5.74) is 1.12. The standard InChI is InChI=1S/C18H19N3O4S/c1-3-25-17(24)14-9-26-18(20-14)21-15(22)11-5-4-6-12(8-11)19-16(23)13-7-10(13)2/h4-6,8-10,13H,3,7H2,1-2H3,(H,19,23)(H,20,21,22). The average molecular weight is 373 g/mol. The number of ether oxygens (including phenoxy) is 1. The number of rotatable bonds is 6. The Bertz CT molecular complexity index is 848. The summed E-state index contributed by atoms with van der Waals surface area (Å²) in [6.45, 7) is 4.01. The van der Waals surface area contributed by atoms with Crippen molar-refractivity contribution in [2.24, 2.45) is 11.8 Å². The summed E-state index contributed by atoms with van der Waals surface area (Å²) in [6.07, 6.45) is 0.902. The van der Waals surface area contributed by atoms with E-state index in [9.17, 15) is 14.4 Å². The van der Waals surface area contributed by atoms with Crippen molar-refractivity contribution in [3.63, 3.8) is 0 Å². The molecule has 2 unspecified atom stereocenters. The van der Waals surface area contributed by atoms with E-state index < -0.39 is 5.97 Å². The van der Waals surface area contributed by atoms with Gasteiger partial charge in [0.25, 0.3) is 5.91 Å². The van der Waals surface area contributed by atoms with Gasteiger partial charge < -0.3 is 10.1 Å². The molecular weight excluding hydrogens is 354 g/mol. The molecule has 1 fully saturated rings. The number of carbonyl (C=O) groups is 3. The van der Waals surface area contributed by atoms with Gasteiger partial charge in [-0.05, 0) is 37.5 Å². The Morgan fingerprint density at radius 1 is 1.31 bits per heavy atom. The number of thiazole rings is 1. The number of amides is 2. The van der Waals surface area contributed by atoms with Crippen molar-refractivity contribution >= 4 is 39.9 Å². The topological polar surface area (TPSA) is 97.4 Å². The Hall–Kier alpha value is -2.74. The molecule has 2 N–H and O–H groups in total. The highest BCUT2D eigenvalue weighted by Crippen LogP contribution is 2.38. The summed E-state index contributed by atoms with van der Waals surface area (Å²) < 4.78 is 4.87. The summed E-state index contributed by atoms with van der Waals surface area (Å²) in [5, 5.41) is 7.31. The van der Waals surface area contributed by atoms with E-state index in [0.717, 1.165) is 17.8 Å². The first-order valence-corrected chi connectivity index (χ1v) is 9.20. The van der Waals surface area contributed by atoms with Crippen molar-refractivity contribution in [1.82, 2.24) is 4.98 Å². The summed E-state index contributed by atoms with van der Waals surface area (Å²) in [7, 11) is 0. The molecule has 3 rings (SSSR count). The molecule has 8 heteroatoms. The van der Waals surface area contributed by atoms with Crippen molar-refractivity contribution in [3.05, 3.63) is 40.9 Å². The smallest absolute Gasteiger partial charge is 0.357 e. The van der Waals surface area contributed by atoms with Gasteiger partial charge in [0, 0.05) is 22.5 Å². The van der Waals surface area contributed by atoms with Crippen LogP contribution >= 0.6 is 11.3 Å². The van der Waals surface area contributed by atoms with Crippen LogP contribution in [0.2, 0.25) is 0 Å². The van der Waals surface area contributed by atoms with Crippen molar-refractivity contribution in [3.8, 4) is 0 Å². The largest absolute Gasteiger partial charge is 0.461 e. The number of hydrogen-bond donors (Lipinski definition) is 2. The molecule has 0 saturated heterocycles. The minimum Gasteiger partial charge on any atom is -0.461 e. The van der Waals surface area contributed by atoms with Crippen LogP contribution in [-0.4, -0.2) is 29.4 Å². The highest BCUT2D eigenvalue weighted by Gasteiger charge is 2.39. The van der Waals surface area contributed by atoms with Crippen LogP contribution in [-0.2, 0) is 9.53 Å². The molecule has 0 aliphatic heterocycles. The van der Waals surface area contributed by atoms with Gasteiger partial charge in [0.1, 0.15) is 0 Å². The fraction of sp³-hybridized carbons (Fsp3) is 0.333. The van der Waals surface area contributed by atoms with Crippen LogP contribution in [0.25, 0.3) is 0 Å². The normalized spacial score (nSPS) is 18.1. The molecule has 1 aliphatic rings. The van der Waals surface area contributed by atoms with E-state index >= 15 is 0 Å². The molecule has 1 aromatic heterocycles. The Morgan fingerprint density at radius 2 is 2.08 bits per heavy atom. The lowest BCUT2D eigenvalue weighted by Gasteiger charge is -2.07. The second kappa shape index (κ2) is 7.65. The predicted octanol–water partition coefficient (Wildman–Crippen LogP) is 3.17. The highest BCUT2D eigenvalue weighted by molar-refractivity contribution is 7.14. The predicted molar refractivity (Wildman–Crippen MR) is 98.4 cm³/mol. The molecule has 1 aromatic carbocycles. The lowest BCUT2D eigenvalue weighted by Crippen LogP contribution is -2.16. The summed E-state index contributed by atoms with van der Waals surface area (Å²) in [5.74, 6) is -0.438. The van der Waals surface area contributed by atoms with Crippen LogP contribution in [0.3, 0.4) is 0 Å². The first-order chi connectivity index (χ1) is 12.5. The second-order valence-electron chi connectivity index (χ2n) is 6.10. The first-order valence-electron chi connectivity index (χ1n) is 8.33. The van der Waals surface area contributed by atoms with E-state index in [1.807, 2.05) is 6.92 Å². The number of esters is 1. The van der Waals surface area contributed by atoms with E-state index in [0.29, 0.717) is 22.3 Å². The number of hydrogen-bond acceptors (Lipinski definition) is 6. The molecular formula is C18H19N3O4S. The summed E-state index contributed by atoms with van der Waals surface area (Å²) >= 11 is 1.14. The van der Waals surface area contributed by atoms with Gasteiger partial charge in [-0.2, -0.15) is 0 Å². The molecule has 2 amide bonds. The number of anilines is 2. The number of aromatic nitrogens is 1. The molecule has 7 nitrogen and oxygen atoms in total. The monoisotopic (exact) mass is 373 g/mol. The maximum absolute atomic E-state index is 12.4. The van der Waals surface area contributed by atoms with E-state index in [2.05, 4.69) is 15.6 Å². The van der Waals surface area contributed by atoms with E-state index in [-0.39, 0.29) is 30.0 Å². The third kappa shape index (κ3) is 4.26. The Morgan fingerprint density at radius 3 is 2.77 bits per heavy atom. The van der Waals surface area contributed by atoms with Crippen LogP contribution in [0.5, 0.6) is 0 Å². The lowest BCUT2D eigenvalue weighted by atomic mass is 10.2. The van der Waals surface area contributed by atoms with E-state index in [1.165, 1.54) is 5.38 Å². The van der Waals surface area contributed by atoms with Gasteiger partial charge in [-0.1, -0.05) is 13.0 Å². The van der Waals surface area contributed by atoms with Gasteiger partial charge in [0.2, 0.25) is 5.91 Å². The molecule has 2 atom stereocenters. The molecule has 1 saturated carbocycles. The molecule has 1 heterocycles. The van der Waals surface area contributed by atoms with Crippen molar-refractivity contribution in [2.45, 2.75) is 20.3 Å². The molecule has 2 aromatic rings. The lowest BCUT2D eigenvalue weighted by molar-refractivity contribution is -0.117. The van der Waals surface area contributed by atoms with E-state index in [4.69, 9.17) is 4.74 Å². The van der Waals surface area contributed by atoms with Crippen LogP contribution < -0.4 is 10.6 Å². The highest BCUT2D eigenvalue weighted by atomic mass is 32.1. The number of nitrogens with zero attached hydrogens (tertiary/aromatic N) is 1. The SMILES string of the molecule is CCOC(=O)c1csc(NC(=O)c2cccc(NC(=O)C3CC3C)c2)n1. The fourth-order valence-electron chi connectivity index (χ4n) is 2.46. The Kier molecular flexibility index (Phi) is 5.32. The second-order valence-corrected chi connectivity index (χ2v) is 6.96. The third-order valence-electron chi connectivity index (χ3n) is 4.05. The van der Waals surface area contributed by atoms with Gasteiger partial charge in [0.05, 0.1) is 6.61 Å². The zero-order valence-electron chi connectivity index (χ0n) is 14.4. The van der Waals surface area contributed by atoms with Crippen LogP contribution in [0, 0.1) is 11.8 Å². The minimum atomic E-state index is -0.525. The van der Waals surface area contributed by atoms with Gasteiger partial charge in [-0.25, -0.2) is 9.78 Å². The van der Waals surface area contributed by atoms with Gasteiger partial charge >= 0.3 is 5.97 Å². The van der Waals surface area contributed by atoms with Gasteiger partial charge in [0.15, 0.2) is 10.8 Å². The van der Waals surface area contributed by atoms with Crippen molar-refractivity contribution in [1.29, 1.82) is 0 Å². The molecule has 136 valence electrons. The Balaban J connectivity index is 1.63. The molecule has 0 radical (unpaired) electrons. The fourth-order valence-corrected chi connectivity index (χ4v) is 3.13. The van der Waals surface area contributed by atoms with Crippen molar-refractivity contribution < 1.29 is 19.1 Å². The quantitative estimate of drug-likeness (QED) is 0.758.